The maximum absolute atomic E-state index is 12.5. The number of unbranched alkanes of at least 4 members (excludes halogenated alkanes) is 14. The topological polar surface area (TPSA) is 117 Å². The Kier molecular flexibility index (Phi) is 34.6. The number of rotatable bonds is 35. The van der Waals surface area contributed by atoms with Crippen LogP contribution < -0.4 is 5.73 Å². The van der Waals surface area contributed by atoms with Crippen LogP contribution in [0.2, 0.25) is 0 Å². The lowest BCUT2D eigenvalue weighted by atomic mass is 10.0. The Bertz CT molecular complexity index is 859. The Morgan fingerprint density at radius 1 is 0.660 bits per heavy atom. The van der Waals surface area contributed by atoms with Crippen LogP contribution in [0.25, 0.3) is 0 Å². The van der Waals surface area contributed by atoms with Gasteiger partial charge in [-0.15, -0.1) is 0 Å². The molecule has 9 heteroatoms. The van der Waals surface area contributed by atoms with E-state index in [4.69, 9.17) is 24.3 Å². The minimum atomic E-state index is -4.28. The van der Waals surface area contributed by atoms with Gasteiger partial charge in [0.05, 0.1) is 19.8 Å². The lowest BCUT2D eigenvalue weighted by Crippen LogP contribution is -2.28. The van der Waals surface area contributed by atoms with Gasteiger partial charge in [-0.05, 0) is 51.4 Å². The number of phosphoric acid groups is 1. The zero-order valence-electron chi connectivity index (χ0n) is 30.0. The molecule has 0 saturated carbocycles. The molecular formula is C38H70NO7P. The van der Waals surface area contributed by atoms with Crippen LogP contribution in [0.5, 0.6) is 0 Å². The van der Waals surface area contributed by atoms with Gasteiger partial charge in [0, 0.05) is 19.6 Å². The van der Waals surface area contributed by atoms with Crippen LogP contribution in [0, 0.1) is 0 Å². The summed E-state index contributed by atoms with van der Waals surface area (Å²) in [6, 6.07) is 0. The van der Waals surface area contributed by atoms with Crippen molar-refractivity contribution < 1.29 is 32.8 Å². The van der Waals surface area contributed by atoms with Gasteiger partial charge in [-0.3, -0.25) is 13.8 Å². The molecule has 3 N–H and O–H groups in total. The Balaban J connectivity index is 4.19. The van der Waals surface area contributed by atoms with E-state index in [0.717, 1.165) is 51.4 Å². The second-order valence-electron chi connectivity index (χ2n) is 12.1. The summed E-state index contributed by atoms with van der Waals surface area (Å²) >= 11 is 0. The average molecular weight is 684 g/mol. The number of carbonyl (C=O) groups is 1. The Morgan fingerprint density at radius 2 is 1.19 bits per heavy atom. The minimum absolute atomic E-state index is 0.0927. The first-order chi connectivity index (χ1) is 22.9. The molecule has 0 bridgehead atoms. The van der Waals surface area contributed by atoms with Gasteiger partial charge in [0.15, 0.2) is 0 Å². The number of hydrogen-bond donors (Lipinski definition) is 2. The van der Waals surface area contributed by atoms with Gasteiger partial charge in [0.25, 0.3) is 0 Å². The molecule has 0 spiro atoms. The van der Waals surface area contributed by atoms with E-state index in [2.05, 4.69) is 62.5 Å². The predicted octanol–water partition coefficient (Wildman–Crippen LogP) is 10.5. The van der Waals surface area contributed by atoms with E-state index in [1.807, 2.05) is 0 Å². The molecule has 274 valence electrons. The standard InChI is InChI=1S/C38H70NO7P/c1-3-5-7-9-11-13-15-17-18-19-21-23-25-27-29-31-38(40)46-37(36-45-47(41,42)44-34-32-39)35-43-33-30-28-26-24-22-20-16-14-12-10-8-6-4-2/h5,7,11,13,17-18,21,23,37H,3-4,6,8-10,12,14-16,19-20,22,24-36,39H2,1-2H3,(H,41,42)/b7-5-,13-11-,18-17-,23-21-. The molecule has 2 atom stereocenters. The highest BCUT2D eigenvalue weighted by molar-refractivity contribution is 7.47. The fourth-order valence-electron chi connectivity index (χ4n) is 4.81. The van der Waals surface area contributed by atoms with E-state index in [1.165, 1.54) is 70.6 Å². The molecular weight excluding hydrogens is 613 g/mol. The lowest BCUT2D eigenvalue weighted by Gasteiger charge is -2.20. The first-order valence-corrected chi connectivity index (χ1v) is 20.1. The Hall–Kier alpha value is -1.54. The minimum Gasteiger partial charge on any atom is -0.457 e. The summed E-state index contributed by atoms with van der Waals surface area (Å²) in [5.41, 5.74) is 5.34. The molecule has 0 aliphatic rings. The van der Waals surface area contributed by atoms with E-state index in [1.54, 1.807) is 0 Å². The molecule has 0 aliphatic heterocycles. The fourth-order valence-corrected chi connectivity index (χ4v) is 5.57. The van der Waals surface area contributed by atoms with Crippen LogP contribution >= 0.6 is 7.82 Å². The van der Waals surface area contributed by atoms with Crippen LogP contribution in [0.15, 0.2) is 48.6 Å². The lowest BCUT2D eigenvalue weighted by molar-refractivity contribution is -0.154. The molecule has 0 aromatic rings. The monoisotopic (exact) mass is 683 g/mol. The summed E-state index contributed by atoms with van der Waals surface area (Å²) in [6.07, 6.45) is 39.8. The van der Waals surface area contributed by atoms with Crippen LogP contribution in [0.4, 0.5) is 0 Å². The van der Waals surface area contributed by atoms with Crippen LogP contribution in [-0.2, 0) is 27.9 Å². The Morgan fingerprint density at radius 3 is 1.74 bits per heavy atom. The van der Waals surface area contributed by atoms with Crippen molar-refractivity contribution in [3.63, 3.8) is 0 Å². The zero-order chi connectivity index (χ0) is 34.5. The van der Waals surface area contributed by atoms with Crippen LogP contribution in [-0.4, -0.2) is 49.9 Å². The van der Waals surface area contributed by atoms with Gasteiger partial charge in [-0.1, -0.05) is 140 Å². The highest BCUT2D eigenvalue weighted by atomic mass is 31.2. The summed E-state index contributed by atoms with van der Waals surface area (Å²) in [4.78, 5) is 22.3. The average Bonchev–Trinajstić information content (AvgIpc) is 3.06. The number of nitrogens with two attached hydrogens (primary N) is 1. The summed E-state index contributed by atoms with van der Waals surface area (Å²) in [6.45, 7) is 4.74. The van der Waals surface area contributed by atoms with E-state index < -0.39 is 13.9 Å². The van der Waals surface area contributed by atoms with E-state index in [-0.39, 0.29) is 38.8 Å². The predicted molar refractivity (Wildman–Crippen MR) is 196 cm³/mol. The Labute approximate surface area is 288 Å². The fraction of sp³-hybridized carbons (Fsp3) is 0.763. The first kappa shape index (κ1) is 45.5. The molecule has 0 rings (SSSR count). The van der Waals surface area contributed by atoms with Gasteiger partial charge in [0.2, 0.25) is 0 Å². The summed E-state index contributed by atoms with van der Waals surface area (Å²) < 4.78 is 33.2. The molecule has 8 nitrogen and oxygen atoms in total. The van der Waals surface area contributed by atoms with Crippen LogP contribution in [0.1, 0.15) is 149 Å². The van der Waals surface area contributed by atoms with E-state index >= 15 is 0 Å². The number of carbonyl (C=O) groups excluding carboxylic acids is 1. The number of phosphoric ester groups is 1. The maximum Gasteiger partial charge on any atom is 0.472 e. The number of esters is 1. The van der Waals surface area contributed by atoms with Crippen molar-refractivity contribution in [1.82, 2.24) is 0 Å². The molecule has 0 fully saturated rings. The normalized spacial score (nSPS) is 14.2. The van der Waals surface area contributed by atoms with Gasteiger partial charge < -0.3 is 20.1 Å². The van der Waals surface area contributed by atoms with E-state index in [9.17, 15) is 14.3 Å². The largest absolute Gasteiger partial charge is 0.472 e. The smallest absolute Gasteiger partial charge is 0.457 e. The molecule has 0 aromatic carbocycles. The van der Waals surface area contributed by atoms with Crippen molar-refractivity contribution in [3.05, 3.63) is 48.6 Å². The summed E-state index contributed by atoms with van der Waals surface area (Å²) in [5.74, 6) is -0.371. The third kappa shape index (κ3) is 35.6. The molecule has 0 aliphatic carbocycles. The van der Waals surface area contributed by atoms with Crippen molar-refractivity contribution in [1.29, 1.82) is 0 Å². The quantitative estimate of drug-likeness (QED) is 0.0293. The summed E-state index contributed by atoms with van der Waals surface area (Å²) in [7, 11) is -4.28. The van der Waals surface area contributed by atoms with Gasteiger partial charge >= 0.3 is 13.8 Å². The van der Waals surface area contributed by atoms with E-state index in [0.29, 0.717) is 13.0 Å². The third-order valence-electron chi connectivity index (χ3n) is 7.51. The molecule has 0 radical (unpaired) electrons. The van der Waals surface area contributed by atoms with Crippen molar-refractivity contribution >= 4 is 13.8 Å². The molecule has 0 heterocycles. The van der Waals surface area contributed by atoms with Crippen molar-refractivity contribution in [2.45, 2.75) is 155 Å². The molecule has 0 saturated heterocycles. The number of hydrogen-bond acceptors (Lipinski definition) is 7. The molecule has 0 aromatic heterocycles. The second kappa shape index (κ2) is 35.8. The molecule has 2 unspecified atom stereocenters. The van der Waals surface area contributed by atoms with Gasteiger partial charge in [0.1, 0.15) is 6.10 Å². The first-order valence-electron chi connectivity index (χ1n) is 18.6. The zero-order valence-corrected chi connectivity index (χ0v) is 30.9. The highest BCUT2D eigenvalue weighted by Crippen LogP contribution is 2.43. The van der Waals surface area contributed by atoms with Crippen LogP contribution in [0.3, 0.4) is 0 Å². The van der Waals surface area contributed by atoms with Crippen molar-refractivity contribution in [3.8, 4) is 0 Å². The highest BCUT2D eigenvalue weighted by Gasteiger charge is 2.25. The SMILES string of the molecule is CC/C=C\C/C=C\C/C=C\C/C=C\CCCCC(=O)OC(COCCCCCCCCCCCCCCC)COP(=O)(O)OCCN. The third-order valence-corrected chi connectivity index (χ3v) is 8.49. The maximum atomic E-state index is 12.5. The molecule has 47 heavy (non-hydrogen) atoms. The van der Waals surface area contributed by atoms with Gasteiger partial charge in [-0.2, -0.15) is 0 Å². The van der Waals surface area contributed by atoms with Crippen molar-refractivity contribution in [2.24, 2.45) is 5.73 Å². The van der Waals surface area contributed by atoms with Gasteiger partial charge in [-0.25, -0.2) is 4.57 Å². The van der Waals surface area contributed by atoms with Crippen molar-refractivity contribution in [2.75, 3.05) is 33.0 Å². The summed E-state index contributed by atoms with van der Waals surface area (Å²) in [5, 5.41) is 0. The second-order valence-corrected chi connectivity index (χ2v) is 13.5. The number of allylic oxidation sites excluding steroid dienone is 8. The molecule has 0 amide bonds. The number of ether oxygens (including phenoxy) is 2.